The highest BCUT2D eigenvalue weighted by Gasteiger charge is 2.10. The second-order valence-corrected chi connectivity index (χ2v) is 5.00. The topological polar surface area (TPSA) is 15.3 Å². The molecular formula is C11H18N2S. The molecule has 1 aliphatic rings. The zero-order valence-corrected chi connectivity index (χ0v) is 9.57. The molecule has 0 unspecified atom stereocenters. The summed E-state index contributed by atoms with van der Waals surface area (Å²) in [4.78, 5) is 5.56. The third-order valence-corrected chi connectivity index (χ3v) is 3.87. The zero-order chi connectivity index (χ0) is 9.80. The predicted octanol–water partition coefficient (Wildman–Crippen LogP) is 1.72. The number of hydrogen-bond acceptors (Lipinski definition) is 3. The van der Waals surface area contributed by atoms with Crippen molar-refractivity contribution in [1.82, 2.24) is 10.2 Å². The third kappa shape index (κ3) is 2.56. The summed E-state index contributed by atoms with van der Waals surface area (Å²) < 4.78 is 0. The Balaban J connectivity index is 1.89. The van der Waals surface area contributed by atoms with Crippen molar-refractivity contribution in [1.29, 1.82) is 0 Å². The van der Waals surface area contributed by atoms with Gasteiger partial charge in [-0.05, 0) is 18.6 Å². The van der Waals surface area contributed by atoms with E-state index in [9.17, 15) is 0 Å². The first-order valence-electron chi connectivity index (χ1n) is 5.39. The van der Waals surface area contributed by atoms with Crippen LogP contribution in [0.3, 0.4) is 0 Å². The highest BCUT2D eigenvalue weighted by molar-refractivity contribution is 7.11. The van der Waals surface area contributed by atoms with E-state index < -0.39 is 0 Å². The van der Waals surface area contributed by atoms with Crippen molar-refractivity contribution >= 4 is 11.3 Å². The van der Waals surface area contributed by atoms with E-state index in [0.29, 0.717) is 0 Å². The van der Waals surface area contributed by atoms with Crippen LogP contribution in [-0.2, 0) is 13.0 Å². The summed E-state index contributed by atoms with van der Waals surface area (Å²) in [5.41, 5.74) is 0. The molecule has 3 heteroatoms. The number of piperazine rings is 1. The van der Waals surface area contributed by atoms with Crippen LogP contribution in [-0.4, -0.2) is 31.1 Å². The highest BCUT2D eigenvalue weighted by atomic mass is 32.1. The van der Waals surface area contributed by atoms with Crippen molar-refractivity contribution in [2.45, 2.75) is 19.9 Å². The molecule has 2 heterocycles. The van der Waals surface area contributed by atoms with Crippen LogP contribution in [0.1, 0.15) is 16.7 Å². The molecule has 1 fully saturated rings. The molecule has 1 saturated heterocycles. The molecule has 0 amide bonds. The maximum absolute atomic E-state index is 3.38. The molecule has 0 aromatic carbocycles. The number of nitrogens with one attached hydrogen (secondary N) is 1. The van der Waals surface area contributed by atoms with Gasteiger partial charge >= 0.3 is 0 Å². The second-order valence-electron chi connectivity index (χ2n) is 3.75. The number of nitrogens with zero attached hydrogens (tertiary/aromatic N) is 1. The van der Waals surface area contributed by atoms with E-state index in [1.165, 1.54) is 29.3 Å². The lowest BCUT2D eigenvalue weighted by Gasteiger charge is -2.26. The molecule has 0 saturated carbocycles. The zero-order valence-electron chi connectivity index (χ0n) is 8.75. The first kappa shape index (κ1) is 10.1. The molecule has 2 rings (SSSR count). The van der Waals surface area contributed by atoms with Crippen LogP contribution in [0.4, 0.5) is 0 Å². The first-order valence-corrected chi connectivity index (χ1v) is 6.21. The van der Waals surface area contributed by atoms with E-state index >= 15 is 0 Å². The molecule has 1 aromatic rings. The van der Waals surface area contributed by atoms with Gasteiger partial charge in [0, 0.05) is 42.5 Å². The van der Waals surface area contributed by atoms with Gasteiger partial charge in [-0.2, -0.15) is 0 Å². The van der Waals surface area contributed by atoms with Crippen molar-refractivity contribution < 1.29 is 0 Å². The Bertz CT molecular complexity index is 277. The summed E-state index contributed by atoms with van der Waals surface area (Å²) >= 11 is 1.96. The first-order chi connectivity index (χ1) is 6.88. The van der Waals surface area contributed by atoms with E-state index in [-0.39, 0.29) is 0 Å². The van der Waals surface area contributed by atoms with Crippen LogP contribution in [0.25, 0.3) is 0 Å². The third-order valence-electron chi connectivity index (χ3n) is 2.65. The predicted molar refractivity (Wildman–Crippen MR) is 61.8 cm³/mol. The van der Waals surface area contributed by atoms with Gasteiger partial charge in [0.1, 0.15) is 0 Å². The molecular weight excluding hydrogens is 192 g/mol. The van der Waals surface area contributed by atoms with E-state index in [0.717, 1.165) is 19.6 Å². The Morgan fingerprint density at radius 1 is 1.29 bits per heavy atom. The van der Waals surface area contributed by atoms with Crippen LogP contribution in [0, 0.1) is 0 Å². The van der Waals surface area contributed by atoms with E-state index in [4.69, 9.17) is 0 Å². The fraction of sp³-hybridized carbons (Fsp3) is 0.636. The molecule has 0 atom stereocenters. The largest absolute Gasteiger partial charge is 0.314 e. The quantitative estimate of drug-likeness (QED) is 0.817. The summed E-state index contributed by atoms with van der Waals surface area (Å²) in [5.74, 6) is 0. The Labute approximate surface area is 89.9 Å². The number of aryl methyl sites for hydroxylation is 1. The normalized spacial score (nSPS) is 18.6. The van der Waals surface area contributed by atoms with Crippen molar-refractivity contribution in [3.63, 3.8) is 0 Å². The minimum Gasteiger partial charge on any atom is -0.314 e. The van der Waals surface area contributed by atoms with Gasteiger partial charge in [0.2, 0.25) is 0 Å². The van der Waals surface area contributed by atoms with E-state index in [1.54, 1.807) is 0 Å². The molecule has 0 aliphatic carbocycles. The molecule has 1 aliphatic heterocycles. The van der Waals surface area contributed by atoms with Gasteiger partial charge in [-0.25, -0.2) is 0 Å². The van der Waals surface area contributed by atoms with Crippen LogP contribution >= 0.6 is 11.3 Å². The van der Waals surface area contributed by atoms with Crippen LogP contribution in [0.5, 0.6) is 0 Å². The number of rotatable bonds is 3. The van der Waals surface area contributed by atoms with Gasteiger partial charge in [-0.1, -0.05) is 6.92 Å². The summed E-state index contributed by atoms with van der Waals surface area (Å²) in [6.45, 7) is 8.05. The molecule has 14 heavy (non-hydrogen) atoms. The van der Waals surface area contributed by atoms with Gasteiger partial charge in [-0.15, -0.1) is 11.3 Å². The maximum Gasteiger partial charge on any atom is 0.0329 e. The van der Waals surface area contributed by atoms with Crippen LogP contribution in [0.2, 0.25) is 0 Å². The Morgan fingerprint density at radius 2 is 2.00 bits per heavy atom. The molecule has 1 aromatic heterocycles. The Hall–Kier alpha value is -0.380. The summed E-state index contributed by atoms with van der Waals surface area (Å²) in [7, 11) is 0. The van der Waals surface area contributed by atoms with E-state index in [2.05, 4.69) is 29.3 Å². The lowest BCUT2D eigenvalue weighted by molar-refractivity contribution is 0.235. The summed E-state index contributed by atoms with van der Waals surface area (Å²) in [5, 5.41) is 3.38. The molecule has 0 radical (unpaired) electrons. The van der Waals surface area contributed by atoms with E-state index in [1.807, 2.05) is 11.3 Å². The summed E-state index contributed by atoms with van der Waals surface area (Å²) in [6.07, 6.45) is 1.17. The molecule has 78 valence electrons. The maximum atomic E-state index is 3.38. The van der Waals surface area contributed by atoms with Crippen molar-refractivity contribution in [3.05, 3.63) is 21.9 Å². The second kappa shape index (κ2) is 4.91. The van der Waals surface area contributed by atoms with Crippen molar-refractivity contribution in [2.24, 2.45) is 0 Å². The highest BCUT2D eigenvalue weighted by Crippen LogP contribution is 2.18. The smallest absolute Gasteiger partial charge is 0.0329 e. The van der Waals surface area contributed by atoms with Gasteiger partial charge < -0.3 is 5.32 Å². The average molecular weight is 210 g/mol. The van der Waals surface area contributed by atoms with Crippen LogP contribution in [0.15, 0.2) is 12.1 Å². The molecule has 0 spiro atoms. The average Bonchev–Trinajstić information content (AvgIpc) is 2.67. The summed E-state index contributed by atoms with van der Waals surface area (Å²) in [6, 6.07) is 4.55. The van der Waals surface area contributed by atoms with Gasteiger partial charge in [0.15, 0.2) is 0 Å². The Kier molecular flexibility index (Phi) is 3.56. The fourth-order valence-electron chi connectivity index (χ4n) is 1.79. The lowest BCUT2D eigenvalue weighted by Crippen LogP contribution is -2.42. The lowest BCUT2D eigenvalue weighted by atomic mass is 10.3. The number of hydrogen-bond donors (Lipinski definition) is 1. The Morgan fingerprint density at radius 3 is 2.64 bits per heavy atom. The number of thiophene rings is 1. The van der Waals surface area contributed by atoms with Gasteiger partial charge in [0.25, 0.3) is 0 Å². The van der Waals surface area contributed by atoms with Crippen molar-refractivity contribution in [3.8, 4) is 0 Å². The molecule has 0 bridgehead atoms. The standard InChI is InChI=1S/C11H18N2S/c1-2-10-3-4-11(14-10)9-13-7-5-12-6-8-13/h3-4,12H,2,5-9H2,1H3. The van der Waals surface area contributed by atoms with Gasteiger partial charge in [-0.3, -0.25) is 4.90 Å². The van der Waals surface area contributed by atoms with Crippen LogP contribution < -0.4 is 5.32 Å². The van der Waals surface area contributed by atoms with Gasteiger partial charge in [0.05, 0.1) is 0 Å². The molecule has 2 nitrogen and oxygen atoms in total. The minimum absolute atomic E-state index is 1.14. The SMILES string of the molecule is CCc1ccc(CN2CCNCC2)s1. The minimum atomic E-state index is 1.14. The monoisotopic (exact) mass is 210 g/mol. The molecule has 1 N–H and O–H groups in total. The fourth-order valence-corrected chi connectivity index (χ4v) is 2.79. The van der Waals surface area contributed by atoms with Crippen molar-refractivity contribution in [2.75, 3.05) is 26.2 Å².